The third-order valence-corrected chi connectivity index (χ3v) is 6.31. The Hall–Kier alpha value is -0.680. The average molecular weight is 322 g/mol. The Labute approximate surface area is 139 Å². The van der Waals surface area contributed by atoms with E-state index in [1.165, 1.54) is 5.57 Å². The van der Waals surface area contributed by atoms with Crippen LogP contribution in [0.25, 0.3) is 0 Å². The summed E-state index contributed by atoms with van der Waals surface area (Å²) in [4.78, 5) is 0. The molecular weight excluding hydrogens is 292 g/mol. The predicted octanol–water partition coefficient (Wildman–Crippen LogP) is 3.41. The Kier molecular flexibility index (Phi) is 4.47. The molecule has 4 heteroatoms. The van der Waals surface area contributed by atoms with Crippen LogP contribution in [-0.2, 0) is 14.2 Å². The molecule has 3 rings (SSSR count). The van der Waals surface area contributed by atoms with Crippen molar-refractivity contribution in [2.75, 3.05) is 13.2 Å². The lowest BCUT2D eigenvalue weighted by Gasteiger charge is -2.56. The molecule has 1 heterocycles. The number of hydrogen-bond acceptors (Lipinski definition) is 4. The Morgan fingerprint density at radius 2 is 2.04 bits per heavy atom. The smallest absolute Gasteiger partial charge is 0.194 e. The van der Waals surface area contributed by atoms with Crippen LogP contribution in [0.4, 0.5) is 0 Å². The second kappa shape index (κ2) is 5.99. The van der Waals surface area contributed by atoms with Crippen molar-refractivity contribution in [3.63, 3.8) is 0 Å². The molecule has 0 aromatic rings. The summed E-state index contributed by atoms with van der Waals surface area (Å²) in [5.41, 5.74) is 0.623. The fourth-order valence-corrected chi connectivity index (χ4v) is 4.78. The van der Waals surface area contributed by atoms with Crippen LogP contribution in [0.15, 0.2) is 23.8 Å². The van der Waals surface area contributed by atoms with Gasteiger partial charge in [0.25, 0.3) is 0 Å². The van der Waals surface area contributed by atoms with Crippen molar-refractivity contribution in [2.45, 2.75) is 65.1 Å². The zero-order chi connectivity index (χ0) is 16.8. The zero-order valence-electron chi connectivity index (χ0n) is 14.8. The van der Waals surface area contributed by atoms with Gasteiger partial charge in [0.2, 0.25) is 0 Å². The minimum Gasteiger partial charge on any atom is -0.379 e. The largest absolute Gasteiger partial charge is 0.379 e. The molecule has 0 spiro atoms. The summed E-state index contributed by atoms with van der Waals surface area (Å²) in [6.45, 7) is 13.7. The molecular formula is C19H30O4. The van der Waals surface area contributed by atoms with Crippen LogP contribution in [0.1, 0.15) is 47.0 Å². The summed E-state index contributed by atoms with van der Waals surface area (Å²) in [6.07, 6.45) is 3.80. The monoisotopic (exact) mass is 322 g/mol. The number of aliphatic hydroxyl groups is 1. The maximum Gasteiger partial charge on any atom is 0.194 e. The van der Waals surface area contributed by atoms with Gasteiger partial charge in [-0.1, -0.05) is 32.1 Å². The molecule has 2 aliphatic carbocycles. The van der Waals surface area contributed by atoms with Gasteiger partial charge in [-0.15, -0.1) is 0 Å². The Balaban J connectivity index is 2.05. The van der Waals surface area contributed by atoms with Gasteiger partial charge >= 0.3 is 0 Å². The number of ether oxygens (including phenoxy) is 3. The van der Waals surface area contributed by atoms with Crippen molar-refractivity contribution >= 4 is 0 Å². The van der Waals surface area contributed by atoms with Gasteiger partial charge in [-0.05, 0) is 44.9 Å². The summed E-state index contributed by atoms with van der Waals surface area (Å²) in [7, 11) is 0. The Morgan fingerprint density at radius 3 is 2.70 bits per heavy atom. The van der Waals surface area contributed by atoms with E-state index < -0.39 is 18.2 Å². The van der Waals surface area contributed by atoms with E-state index in [1.54, 1.807) is 0 Å². The Morgan fingerprint density at radius 1 is 1.35 bits per heavy atom. The number of hydrogen-bond donors (Lipinski definition) is 1. The molecule has 130 valence electrons. The highest BCUT2D eigenvalue weighted by atomic mass is 16.8. The molecule has 23 heavy (non-hydrogen) atoms. The first-order chi connectivity index (χ1) is 10.9. The number of fused-ring (bicyclic) bond motifs is 3. The summed E-state index contributed by atoms with van der Waals surface area (Å²) < 4.78 is 17.5. The molecule has 0 aromatic heterocycles. The van der Waals surface area contributed by atoms with E-state index in [4.69, 9.17) is 14.2 Å². The van der Waals surface area contributed by atoms with E-state index in [0.29, 0.717) is 19.1 Å². The first-order valence-corrected chi connectivity index (χ1v) is 8.90. The molecule has 0 amide bonds. The molecule has 1 N–H and O–H groups in total. The van der Waals surface area contributed by atoms with Crippen molar-refractivity contribution in [2.24, 2.45) is 17.3 Å². The molecule has 0 unspecified atom stereocenters. The molecule has 4 nitrogen and oxygen atoms in total. The lowest BCUT2D eigenvalue weighted by atomic mass is 9.51. The van der Waals surface area contributed by atoms with Gasteiger partial charge in [0.05, 0.1) is 0 Å². The quantitative estimate of drug-likeness (QED) is 0.806. The zero-order valence-corrected chi connectivity index (χ0v) is 14.8. The fraction of sp³-hybridized carbons (Fsp3) is 0.789. The molecule has 6 atom stereocenters. The standard InChI is InChI=1S/C19H30O4/c1-6-21-16-15-9-8-14-13(4)12(3)10-11-18(14,5)19(15,20)17(23-16)22-7-2/h9,12,14,16-17,20H,4,6-8,10-11H2,1-3,5H3/t12-,14-,16-,17-,18-,19-/m0/s1. The number of rotatable bonds is 4. The van der Waals surface area contributed by atoms with Gasteiger partial charge in [-0.2, -0.15) is 0 Å². The third kappa shape index (κ3) is 2.26. The van der Waals surface area contributed by atoms with Crippen LogP contribution in [0.3, 0.4) is 0 Å². The molecule has 1 aliphatic heterocycles. The lowest BCUT2D eigenvalue weighted by molar-refractivity contribution is -0.259. The SMILES string of the molecule is C=C1[C@@H](C)CC[C@@]2(C)[C@H]1CC=C1[C@@H](OCC)O[C@H](OCC)[C@@]12O. The highest BCUT2D eigenvalue weighted by Crippen LogP contribution is 2.62. The summed E-state index contributed by atoms with van der Waals surface area (Å²) >= 11 is 0. The van der Waals surface area contributed by atoms with Crippen molar-refractivity contribution in [1.29, 1.82) is 0 Å². The van der Waals surface area contributed by atoms with Crippen LogP contribution in [0.2, 0.25) is 0 Å². The minimum absolute atomic E-state index is 0.256. The van der Waals surface area contributed by atoms with Crippen LogP contribution < -0.4 is 0 Å². The van der Waals surface area contributed by atoms with Crippen molar-refractivity contribution in [3.8, 4) is 0 Å². The highest BCUT2D eigenvalue weighted by Gasteiger charge is 2.67. The van der Waals surface area contributed by atoms with Crippen molar-refractivity contribution in [1.82, 2.24) is 0 Å². The van der Waals surface area contributed by atoms with E-state index in [9.17, 15) is 5.11 Å². The van der Waals surface area contributed by atoms with E-state index >= 15 is 0 Å². The van der Waals surface area contributed by atoms with Gasteiger partial charge in [-0.25, -0.2) is 0 Å². The maximum absolute atomic E-state index is 11.8. The van der Waals surface area contributed by atoms with Gasteiger partial charge in [0.15, 0.2) is 12.6 Å². The fourth-order valence-electron chi connectivity index (χ4n) is 4.78. The highest BCUT2D eigenvalue weighted by molar-refractivity contribution is 5.37. The van der Waals surface area contributed by atoms with Gasteiger partial charge in [-0.3, -0.25) is 0 Å². The first kappa shape index (κ1) is 17.2. The lowest BCUT2D eigenvalue weighted by Crippen LogP contribution is -2.61. The maximum atomic E-state index is 11.8. The first-order valence-electron chi connectivity index (χ1n) is 8.90. The molecule has 0 radical (unpaired) electrons. The molecule has 3 aliphatic rings. The number of allylic oxidation sites excluding steroid dienone is 2. The van der Waals surface area contributed by atoms with E-state index in [2.05, 4.69) is 26.5 Å². The topological polar surface area (TPSA) is 47.9 Å². The minimum atomic E-state index is -1.14. The van der Waals surface area contributed by atoms with E-state index in [0.717, 1.165) is 24.8 Å². The van der Waals surface area contributed by atoms with Crippen LogP contribution in [0, 0.1) is 17.3 Å². The summed E-state index contributed by atoms with van der Waals surface area (Å²) in [6, 6.07) is 0. The second-order valence-corrected chi connectivity index (χ2v) is 7.36. The molecule has 0 bridgehead atoms. The molecule has 0 aromatic carbocycles. The third-order valence-electron chi connectivity index (χ3n) is 6.31. The predicted molar refractivity (Wildman–Crippen MR) is 88.7 cm³/mol. The summed E-state index contributed by atoms with van der Waals surface area (Å²) in [5.74, 6) is 0.758. The summed E-state index contributed by atoms with van der Waals surface area (Å²) in [5, 5.41) is 11.8. The molecule has 2 fully saturated rings. The van der Waals surface area contributed by atoms with E-state index in [-0.39, 0.29) is 11.3 Å². The van der Waals surface area contributed by atoms with Gasteiger partial charge < -0.3 is 19.3 Å². The van der Waals surface area contributed by atoms with Gasteiger partial charge in [0.1, 0.15) is 5.60 Å². The van der Waals surface area contributed by atoms with E-state index in [1.807, 2.05) is 13.8 Å². The van der Waals surface area contributed by atoms with Crippen molar-refractivity contribution in [3.05, 3.63) is 23.8 Å². The van der Waals surface area contributed by atoms with Crippen LogP contribution >= 0.6 is 0 Å². The molecule has 1 saturated carbocycles. The second-order valence-electron chi connectivity index (χ2n) is 7.36. The van der Waals surface area contributed by atoms with Gasteiger partial charge in [0, 0.05) is 24.2 Å². The molecule has 1 saturated heterocycles. The van der Waals surface area contributed by atoms with Crippen LogP contribution in [-0.4, -0.2) is 36.5 Å². The Bertz CT molecular complexity index is 513. The normalized spacial score (nSPS) is 46.3. The van der Waals surface area contributed by atoms with Crippen LogP contribution in [0.5, 0.6) is 0 Å². The average Bonchev–Trinajstić information content (AvgIpc) is 2.79. The van der Waals surface area contributed by atoms with Crippen molar-refractivity contribution < 1.29 is 19.3 Å².